The van der Waals surface area contributed by atoms with Gasteiger partial charge in [-0.1, -0.05) is 13.8 Å². The molecule has 2 rings (SSSR count). The number of rotatable bonds is 1. The molecular weight excluding hydrogens is 246 g/mol. The second-order valence-corrected chi connectivity index (χ2v) is 4.07. The summed E-state index contributed by atoms with van der Waals surface area (Å²) in [5.74, 6) is -0.127. The zero-order chi connectivity index (χ0) is 15.2. The van der Waals surface area contributed by atoms with Crippen LogP contribution in [0.2, 0.25) is 0 Å². The summed E-state index contributed by atoms with van der Waals surface area (Å²) in [6.07, 6.45) is 0. The standard InChI is InChI=1S/C10H10N2O3.C2H6.CH5N/c1-10(2)7-5-6(12(14)15)3-4-8(7)11-9(10)13;2*1-2/h3-5H,1-2H3,(H,11,13);1-2H3;2H2,1H3. The van der Waals surface area contributed by atoms with Crippen LogP contribution >= 0.6 is 0 Å². The third kappa shape index (κ3) is 3.29. The van der Waals surface area contributed by atoms with Crippen molar-refractivity contribution < 1.29 is 9.72 Å². The highest BCUT2D eigenvalue weighted by molar-refractivity contribution is 6.05. The number of hydrogen-bond donors (Lipinski definition) is 2. The fraction of sp³-hybridized carbons (Fsp3) is 0.462. The van der Waals surface area contributed by atoms with Gasteiger partial charge in [0.2, 0.25) is 5.91 Å². The van der Waals surface area contributed by atoms with Gasteiger partial charge in [-0.05, 0) is 32.5 Å². The zero-order valence-corrected chi connectivity index (χ0v) is 12.0. The second-order valence-electron chi connectivity index (χ2n) is 4.07. The molecule has 3 N–H and O–H groups in total. The summed E-state index contributed by atoms with van der Waals surface area (Å²) in [6.45, 7) is 7.50. The molecule has 0 saturated carbocycles. The van der Waals surface area contributed by atoms with Crippen LogP contribution in [-0.2, 0) is 10.2 Å². The number of carbonyl (C=O) groups excluding carboxylic acids is 1. The van der Waals surface area contributed by atoms with Crippen molar-refractivity contribution in [1.29, 1.82) is 0 Å². The lowest BCUT2D eigenvalue weighted by Crippen LogP contribution is -2.26. The molecule has 0 aromatic heterocycles. The Labute approximate surface area is 113 Å². The van der Waals surface area contributed by atoms with E-state index in [1.807, 2.05) is 13.8 Å². The van der Waals surface area contributed by atoms with Crippen LogP contribution in [0.5, 0.6) is 0 Å². The molecular formula is C13H21N3O3. The van der Waals surface area contributed by atoms with E-state index in [1.54, 1.807) is 19.9 Å². The molecule has 1 heterocycles. The molecule has 0 bridgehead atoms. The first-order chi connectivity index (χ1) is 8.93. The molecule has 0 atom stereocenters. The quantitative estimate of drug-likeness (QED) is 0.603. The van der Waals surface area contributed by atoms with Crippen molar-refractivity contribution in [2.24, 2.45) is 5.73 Å². The van der Waals surface area contributed by atoms with E-state index in [-0.39, 0.29) is 11.6 Å². The number of fused-ring (bicyclic) bond motifs is 1. The second kappa shape index (κ2) is 6.84. The average molecular weight is 267 g/mol. The molecule has 1 amide bonds. The molecule has 6 nitrogen and oxygen atoms in total. The number of amides is 1. The lowest BCUT2D eigenvalue weighted by Gasteiger charge is -2.14. The maximum atomic E-state index is 11.6. The van der Waals surface area contributed by atoms with E-state index in [2.05, 4.69) is 11.1 Å². The minimum absolute atomic E-state index is 0.0123. The molecule has 6 heteroatoms. The van der Waals surface area contributed by atoms with E-state index in [1.165, 1.54) is 19.2 Å². The van der Waals surface area contributed by atoms with Crippen LogP contribution in [0.3, 0.4) is 0 Å². The Morgan fingerprint density at radius 1 is 1.26 bits per heavy atom. The fourth-order valence-corrected chi connectivity index (χ4v) is 1.67. The molecule has 106 valence electrons. The molecule has 19 heavy (non-hydrogen) atoms. The van der Waals surface area contributed by atoms with Gasteiger partial charge in [-0.3, -0.25) is 14.9 Å². The van der Waals surface area contributed by atoms with E-state index >= 15 is 0 Å². The molecule has 0 saturated heterocycles. The predicted octanol–water partition coefficient (Wildman–Crippen LogP) is 2.43. The van der Waals surface area contributed by atoms with Crippen molar-refractivity contribution in [2.75, 3.05) is 12.4 Å². The summed E-state index contributed by atoms with van der Waals surface area (Å²) in [5.41, 5.74) is 5.16. The Hall–Kier alpha value is -1.95. The third-order valence-corrected chi connectivity index (χ3v) is 2.70. The lowest BCUT2D eigenvalue weighted by molar-refractivity contribution is -0.384. The van der Waals surface area contributed by atoms with Crippen LogP contribution in [-0.4, -0.2) is 17.9 Å². The third-order valence-electron chi connectivity index (χ3n) is 2.70. The highest BCUT2D eigenvalue weighted by Gasteiger charge is 2.39. The van der Waals surface area contributed by atoms with Gasteiger partial charge in [0.15, 0.2) is 0 Å². The summed E-state index contributed by atoms with van der Waals surface area (Å²) in [5, 5.41) is 13.3. The van der Waals surface area contributed by atoms with Crippen molar-refractivity contribution in [2.45, 2.75) is 33.1 Å². The van der Waals surface area contributed by atoms with Crippen LogP contribution in [0, 0.1) is 10.1 Å². The van der Waals surface area contributed by atoms with Gasteiger partial charge in [0.25, 0.3) is 5.69 Å². The van der Waals surface area contributed by atoms with Crippen LogP contribution < -0.4 is 11.1 Å². The van der Waals surface area contributed by atoms with E-state index in [9.17, 15) is 14.9 Å². The van der Waals surface area contributed by atoms with Gasteiger partial charge < -0.3 is 11.1 Å². The Balaban J connectivity index is 0.000000741. The maximum Gasteiger partial charge on any atom is 0.269 e. The number of carbonyl (C=O) groups is 1. The largest absolute Gasteiger partial charge is 0.333 e. The van der Waals surface area contributed by atoms with E-state index in [4.69, 9.17) is 0 Å². The lowest BCUT2D eigenvalue weighted by atomic mass is 9.86. The highest BCUT2D eigenvalue weighted by atomic mass is 16.6. The molecule has 0 unspecified atom stereocenters. The number of hydrogen-bond acceptors (Lipinski definition) is 4. The first kappa shape index (κ1) is 17.1. The summed E-state index contributed by atoms with van der Waals surface area (Å²) in [7, 11) is 1.50. The smallest absolute Gasteiger partial charge is 0.269 e. The summed E-state index contributed by atoms with van der Waals surface area (Å²) < 4.78 is 0. The van der Waals surface area contributed by atoms with E-state index < -0.39 is 10.3 Å². The Bertz CT molecular complexity index is 470. The van der Waals surface area contributed by atoms with Gasteiger partial charge in [0.05, 0.1) is 10.3 Å². The van der Waals surface area contributed by atoms with Crippen LogP contribution in [0.15, 0.2) is 18.2 Å². The molecule has 1 aliphatic rings. The molecule has 1 aromatic carbocycles. The monoisotopic (exact) mass is 267 g/mol. The molecule has 0 spiro atoms. The summed E-state index contributed by atoms with van der Waals surface area (Å²) >= 11 is 0. The van der Waals surface area contributed by atoms with Gasteiger partial charge in [-0.25, -0.2) is 0 Å². The van der Waals surface area contributed by atoms with Crippen molar-refractivity contribution >= 4 is 17.3 Å². The van der Waals surface area contributed by atoms with Crippen LogP contribution in [0.25, 0.3) is 0 Å². The van der Waals surface area contributed by atoms with Crippen molar-refractivity contribution in [3.8, 4) is 0 Å². The molecule has 0 aliphatic carbocycles. The van der Waals surface area contributed by atoms with Gasteiger partial charge >= 0.3 is 0 Å². The van der Waals surface area contributed by atoms with Crippen molar-refractivity contribution in [1.82, 2.24) is 0 Å². The fourth-order valence-electron chi connectivity index (χ4n) is 1.67. The average Bonchev–Trinajstić information content (AvgIpc) is 2.65. The number of nitrogens with one attached hydrogen (secondary N) is 1. The summed E-state index contributed by atoms with van der Waals surface area (Å²) in [4.78, 5) is 21.7. The molecule has 1 aliphatic heterocycles. The summed E-state index contributed by atoms with van der Waals surface area (Å²) in [6, 6.07) is 4.41. The minimum Gasteiger partial charge on any atom is -0.333 e. The zero-order valence-electron chi connectivity index (χ0n) is 12.0. The number of nitrogens with two attached hydrogens (primary N) is 1. The van der Waals surface area contributed by atoms with Gasteiger partial charge in [0, 0.05) is 17.8 Å². The van der Waals surface area contributed by atoms with E-state index in [0.29, 0.717) is 11.3 Å². The molecule has 0 fully saturated rings. The first-order valence-corrected chi connectivity index (χ1v) is 6.11. The Morgan fingerprint density at radius 2 is 1.79 bits per heavy atom. The topological polar surface area (TPSA) is 98.3 Å². The first-order valence-electron chi connectivity index (χ1n) is 6.11. The van der Waals surface area contributed by atoms with Crippen LogP contribution in [0.1, 0.15) is 33.3 Å². The van der Waals surface area contributed by atoms with Gasteiger partial charge in [0.1, 0.15) is 0 Å². The number of nitro groups is 1. The minimum atomic E-state index is -0.693. The number of nitro benzene ring substituents is 1. The maximum absolute atomic E-state index is 11.6. The molecule has 1 aromatic rings. The van der Waals surface area contributed by atoms with Gasteiger partial charge in [-0.15, -0.1) is 0 Å². The highest BCUT2D eigenvalue weighted by Crippen LogP contribution is 2.38. The number of non-ortho nitro benzene ring substituents is 1. The predicted molar refractivity (Wildman–Crippen MR) is 76.2 cm³/mol. The SMILES string of the molecule is CC.CC1(C)C(=O)Nc2ccc([N+](=O)[O-])cc21.CN. The normalized spacial score (nSPS) is 14.1. The van der Waals surface area contributed by atoms with Crippen LogP contribution in [0.4, 0.5) is 11.4 Å². The number of benzene rings is 1. The Morgan fingerprint density at radius 3 is 2.26 bits per heavy atom. The van der Waals surface area contributed by atoms with Crippen molar-refractivity contribution in [3.05, 3.63) is 33.9 Å². The number of nitrogens with zero attached hydrogens (tertiary/aromatic N) is 1. The Kier molecular flexibility index (Phi) is 6.14. The number of anilines is 1. The van der Waals surface area contributed by atoms with Crippen molar-refractivity contribution in [3.63, 3.8) is 0 Å². The van der Waals surface area contributed by atoms with E-state index in [0.717, 1.165) is 0 Å². The van der Waals surface area contributed by atoms with Gasteiger partial charge in [-0.2, -0.15) is 0 Å². The molecule has 0 radical (unpaired) electrons.